The van der Waals surface area contributed by atoms with Crippen LogP contribution in [0.2, 0.25) is 0 Å². The first-order valence-corrected chi connectivity index (χ1v) is 8.32. The molecule has 1 aliphatic heterocycles. The summed E-state index contributed by atoms with van der Waals surface area (Å²) in [7, 11) is 0. The molecule has 1 saturated heterocycles. The summed E-state index contributed by atoms with van der Waals surface area (Å²) in [5, 5.41) is 2.08. The van der Waals surface area contributed by atoms with Crippen LogP contribution in [0.4, 0.5) is 0 Å². The first-order valence-electron chi connectivity index (χ1n) is 6.56. The standard InChI is InChI=1S/C14H14N2O3S2/c1-3-5-16-12(17)11-9(4-6-20-11)15-14(16)21-10-7-8(2)19-13(10)18/h3-4,6,8,10H,1,5,7H2,2H3/t8-,10+/m1/s1. The van der Waals surface area contributed by atoms with Gasteiger partial charge in [-0.2, -0.15) is 0 Å². The molecule has 0 bridgehead atoms. The molecule has 0 spiro atoms. The fourth-order valence-electron chi connectivity index (χ4n) is 2.25. The van der Waals surface area contributed by atoms with Crippen molar-refractivity contribution < 1.29 is 9.53 Å². The molecule has 3 heterocycles. The lowest BCUT2D eigenvalue weighted by molar-refractivity contribution is -0.140. The van der Waals surface area contributed by atoms with E-state index >= 15 is 0 Å². The Morgan fingerprint density at radius 2 is 2.43 bits per heavy atom. The van der Waals surface area contributed by atoms with Crippen LogP contribution in [-0.4, -0.2) is 26.9 Å². The summed E-state index contributed by atoms with van der Waals surface area (Å²) >= 11 is 2.67. The third-order valence-corrected chi connectivity index (χ3v) is 5.30. The van der Waals surface area contributed by atoms with Gasteiger partial charge < -0.3 is 4.74 Å². The van der Waals surface area contributed by atoms with E-state index in [0.717, 1.165) is 0 Å². The number of aromatic nitrogens is 2. The molecule has 5 nitrogen and oxygen atoms in total. The highest BCUT2D eigenvalue weighted by Crippen LogP contribution is 2.31. The van der Waals surface area contributed by atoms with Crippen LogP contribution in [-0.2, 0) is 16.1 Å². The number of carbonyl (C=O) groups excluding carboxylic acids is 1. The van der Waals surface area contributed by atoms with Crippen molar-refractivity contribution in [3.8, 4) is 0 Å². The van der Waals surface area contributed by atoms with Gasteiger partial charge in [0.1, 0.15) is 16.1 Å². The molecular formula is C14H14N2O3S2. The van der Waals surface area contributed by atoms with Crippen molar-refractivity contribution in [3.63, 3.8) is 0 Å². The van der Waals surface area contributed by atoms with Gasteiger partial charge in [0.05, 0.1) is 5.52 Å². The summed E-state index contributed by atoms with van der Waals surface area (Å²) in [6.07, 6.45) is 2.21. The molecule has 0 N–H and O–H groups in total. The number of allylic oxidation sites excluding steroid dienone is 1. The third-order valence-electron chi connectivity index (χ3n) is 3.22. The molecule has 0 aromatic carbocycles. The van der Waals surface area contributed by atoms with Gasteiger partial charge in [-0.3, -0.25) is 14.2 Å². The number of rotatable bonds is 4. The van der Waals surface area contributed by atoms with Gasteiger partial charge in [-0.05, 0) is 18.4 Å². The zero-order valence-corrected chi connectivity index (χ0v) is 13.1. The van der Waals surface area contributed by atoms with Crippen LogP contribution in [0.1, 0.15) is 13.3 Å². The van der Waals surface area contributed by atoms with Crippen LogP contribution in [0.25, 0.3) is 10.2 Å². The number of hydrogen-bond acceptors (Lipinski definition) is 6. The SMILES string of the molecule is C=CCn1c(S[C@H]2C[C@@H](C)OC2=O)nc2ccsc2c1=O. The zero-order valence-electron chi connectivity index (χ0n) is 11.4. The number of thiophene rings is 1. The van der Waals surface area contributed by atoms with Gasteiger partial charge >= 0.3 is 5.97 Å². The molecule has 0 saturated carbocycles. The molecule has 110 valence electrons. The van der Waals surface area contributed by atoms with Crippen LogP contribution in [0.3, 0.4) is 0 Å². The lowest BCUT2D eigenvalue weighted by Gasteiger charge is -2.11. The number of fused-ring (bicyclic) bond motifs is 1. The highest BCUT2D eigenvalue weighted by atomic mass is 32.2. The quantitative estimate of drug-likeness (QED) is 0.491. The van der Waals surface area contributed by atoms with Crippen LogP contribution in [0.5, 0.6) is 0 Å². The second-order valence-corrected chi connectivity index (χ2v) is 6.91. The maximum absolute atomic E-state index is 12.5. The predicted molar refractivity (Wildman–Crippen MR) is 83.9 cm³/mol. The van der Waals surface area contributed by atoms with E-state index in [4.69, 9.17) is 4.74 Å². The number of carbonyl (C=O) groups is 1. The van der Waals surface area contributed by atoms with Crippen LogP contribution < -0.4 is 5.56 Å². The molecular weight excluding hydrogens is 308 g/mol. The van der Waals surface area contributed by atoms with Gasteiger partial charge in [0.15, 0.2) is 5.16 Å². The minimum Gasteiger partial charge on any atom is -0.462 e. The first kappa shape index (κ1) is 14.3. The Morgan fingerprint density at radius 3 is 3.10 bits per heavy atom. The molecule has 0 unspecified atom stereocenters. The van der Waals surface area contributed by atoms with Gasteiger partial charge in [-0.1, -0.05) is 17.8 Å². The molecule has 2 aromatic rings. The molecule has 2 atom stereocenters. The van der Waals surface area contributed by atoms with E-state index in [9.17, 15) is 9.59 Å². The Labute approximate surface area is 129 Å². The molecule has 3 rings (SSSR count). The summed E-state index contributed by atoms with van der Waals surface area (Å²) in [6.45, 7) is 5.92. The van der Waals surface area contributed by atoms with Gasteiger partial charge in [-0.25, -0.2) is 4.98 Å². The fraction of sp³-hybridized carbons (Fsp3) is 0.357. The lowest BCUT2D eigenvalue weighted by Crippen LogP contribution is -2.23. The Balaban J connectivity index is 2.04. The number of cyclic esters (lactones) is 1. The average molecular weight is 322 g/mol. The predicted octanol–water partition coefficient (Wildman–Crippen LogP) is 2.44. The summed E-state index contributed by atoms with van der Waals surface area (Å²) in [6, 6.07) is 1.82. The number of thioether (sulfide) groups is 1. The molecule has 1 aliphatic rings. The van der Waals surface area contributed by atoms with Crippen molar-refractivity contribution in [1.82, 2.24) is 9.55 Å². The summed E-state index contributed by atoms with van der Waals surface area (Å²) in [5.41, 5.74) is 0.587. The van der Waals surface area contributed by atoms with Crippen molar-refractivity contribution >= 4 is 39.3 Å². The van der Waals surface area contributed by atoms with Crippen LogP contribution in [0, 0.1) is 0 Å². The Kier molecular flexibility index (Phi) is 3.86. The van der Waals surface area contributed by atoms with Gasteiger partial charge in [0.2, 0.25) is 0 Å². The second-order valence-electron chi connectivity index (χ2n) is 4.82. The van der Waals surface area contributed by atoms with E-state index < -0.39 is 0 Å². The highest BCUT2D eigenvalue weighted by Gasteiger charge is 2.34. The second kappa shape index (κ2) is 5.65. The van der Waals surface area contributed by atoms with Gasteiger partial charge in [0, 0.05) is 13.0 Å². The van der Waals surface area contributed by atoms with Gasteiger partial charge in [0.25, 0.3) is 5.56 Å². The smallest absolute Gasteiger partial charge is 0.319 e. The summed E-state index contributed by atoms with van der Waals surface area (Å²) < 4.78 is 7.35. The van der Waals surface area contributed by atoms with E-state index in [1.807, 2.05) is 18.4 Å². The first-order chi connectivity index (χ1) is 10.1. The monoisotopic (exact) mass is 322 g/mol. The van der Waals surface area contributed by atoms with E-state index in [1.54, 1.807) is 10.6 Å². The summed E-state index contributed by atoms with van der Waals surface area (Å²) in [5.74, 6) is -0.239. The van der Waals surface area contributed by atoms with E-state index in [1.165, 1.54) is 23.1 Å². The molecule has 7 heteroatoms. The molecule has 1 fully saturated rings. The number of hydrogen-bond donors (Lipinski definition) is 0. The summed E-state index contributed by atoms with van der Waals surface area (Å²) in [4.78, 5) is 28.8. The topological polar surface area (TPSA) is 61.2 Å². The molecule has 21 heavy (non-hydrogen) atoms. The van der Waals surface area contributed by atoms with Gasteiger partial charge in [-0.15, -0.1) is 17.9 Å². The van der Waals surface area contributed by atoms with E-state index in [0.29, 0.717) is 28.3 Å². The number of ether oxygens (including phenoxy) is 1. The fourth-order valence-corrected chi connectivity index (χ4v) is 4.23. The Bertz CT molecular complexity index is 765. The number of esters is 1. The van der Waals surface area contributed by atoms with Crippen LogP contribution >= 0.6 is 23.1 Å². The Hall–Kier alpha value is -1.60. The van der Waals surface area contributed by atoms with Crippen molar-refractivity contribution in [3.05, 3.63) is 34.5 Å². The maximum atomic E-state index is 12.5. The lowest BCUT2D eigenvalue weighted by atomic mass is 10.3. The molecule has 0 aliphatic carbocycles. The normalized spacial score (nSPS) is 21.7. The third kappa shape index (κ3) is 2.63. The maximum Gasteiger partial charge on any atom is 0.319 e. The largest absolute Gasteiger partial charge is 0.462 e. The molecule has 2 aromatic heterocycles. The van der Waals surface area contributed by atoms with E-state index in [2.05, 4.69) is 11.6 Å². The average Bonchev–Trinajstić information content (AvgIpc) is 3.01. The van der Waals surface area contributed by atoms with Crippen molar-refractivity contribution in [2.75, 3.05) is 0 Å². The highest BCUT2D eigenvalue weighted by molar-refractivity contribution is 8.00. The van der Waals surface area contributed by atoms with Crippen molar-refractivity contribution in [2.45, 2.75) is 36.4 Å². The minimum absolute atomic E-state index is 0.0838. The van der Waals surface area contributed by atoms with E-state index in [-0.39, 0.29) is 22.9 Å². The zero-order chi connectivity index (χ0) is 15.0. The van der Waals surface area contributed by atoms with Crippen molar-refractivity contribution in [1.29, 1.82) is 0 Å². The molecule has 0 amide bonds. The van der Waals surface area contributed by atoms with Crippen LogP contribution in [0.15, 0.2) is 34.1 Å². The number of nitrogens with zero attached hydrogens (tertiary/aromatic N) is 2. The minimum atomic E-state index is -0.306. The van der Waals surface area contributed by atoms with Crippen molar-refractivity contribution in [2.24, 2.45) is 0 Å². The molecule has 0 radical (unpaired) electrons. The Morgan fingerprint density at radius 1 is 1.62 bits per heavy atom.